The van der Waals surface area contributed by atoms with E-state index in [0.717, 1.165) is 36.7 Å². The highest BCUT2D eigenvalue weighted by molar-refractivity contribution is 5.89. The molecule has 1 aliphatic heterocycles. The Kier molecular flexibility index (Phi) is 6.67. The van der Waals surface area contributed by atoms with Crippen LogP contribution in [0.4, 0.5) is 17.3 Å². The lowest BCUT2D eigenvalue weighted by atomic mass is 9.96. The van der Waals surface area contributed by atoms with Crippen molar-refractivity contribution in [1.82, 2.24) is 9.78 Å². The fourth-order valence-electron chi connectivity index (χ4n) is 3.54. The van der Waals surface area contributed by atoms with E-state index in [0.29, 0.717) is 19.1 Å². The summed E-state index contributed by atoms with van der Waals surface area (Å²) in [6.07, 6.45) is 5.38. The van der Waals surface area contributed by atoms with Crippen LogP contribution < -0.4 is 5.32 Å². The predicted molar refractivity (Wildman–Crippen MR) is 125 cm³/mol. The van der Waals surface area contributed by atoms with Crippen LogP contribution in [0.1, 0.15) is 31.3 Å². The average Bonchev–Trinajstić information content (AvgIpc) is 2.95. The van der Waals surface area contributed by atoms with Gasteiger partial charge in [-0.25, -0.2) is 9.67 Å². The maximum absolute atomic E-state index is 5.94. The van der Waals surface area contributed by atoms with E-state index in [1.807, 2.05) is 43.7 Å². The molecule has 3 aromatic rings. The first kappa shape index (κ1) is 20.0. The molecule has 1 aromatic heterocycles. The van der Waals surface area contributed by atoms with E-state index in [9.17, 15) is 0 Å². The van der Waals surface area contributed by atoms with Gasteiger partial charge in [-0.3, -0.25) is 4.99 Å². The SMILES string of the molecule is Cn1nc(NCC(CCOCc2ccccc2)c2ccccc2)c2c1N=CCC=N2.[HH]. The van der Waals surface area contributed by atoms with Crippen LogP contribution in [0.15, 0.2) is 70.6 Å². The largest absolute Gasteiger partial charge is 0.377 e. The van der Waals surface area contributed by atoms with Crippen molar-refractivity contribution in [2.45, 2.75) is 25.4 Å². The zero-order valence-electron chi connectivity index (χ0n) is 17.2. The number of aromatic nitrogens is 2. The number of aliphatic imine (C=N–C) groups is 2. The van der Waals surface area contributed by atoms with Crippen LogP contribution in [0.25, 0.3) is 0 Å². The fourth-order valence-corrected chi connectivity index (χ4v) is 3.54. The summed E-state index contributed by atoms with van der Waals surface area (Å²) >= 11 is 0. The number of hydrogen-bond acceptors (Lipinski definition) is 5. The highest BCUT2D eigenvalue weighted by atomic mass is 16.5. The summed E-state index contributed by atoms with van der Waals surface area (Å²) in [4.78, 5) is 9.02. The number of nitrogens with zero attached hydrogens (tertiary/aromatic N) is 4. The maximum Gasteiger partial charge on any atom is 0.178 e. The molecule has 0 amide bonds. The van der Waals surface area contributed by atoms with Gasteiger partial charge in [-0.1, -0.05) is 60.7 Å². The zero-order chi connectivity index (χ0) is 20.6. The second-order valence-corrected chi connectivity index (χ2v) is 7.32. The quantitative estimate of drug-likeness (QED) is 0.495. The second-order valence-electron chi connectivity index (χ2n) is 7.32. The van der Waals surface area contributed by atoms with Crippen molar-refractivity contribution >= 4 is 29.8 Å². The molecular weight excluding hydrogens is 374 g/mol. The molecule has 2 aromatic carbocycles. The molecule has 30 heavy (non-hydrogen) atoms. The van der Waals surface area contributed by atoms with Gasteiger partial charge in [0.25, 0.3) is 0 Å². The van der Waals surface area contributed by atoms with E-state index in [4.69, 9.17) is 4.74 Å². The van der Waals surface area contributed by atoms with Crippen molar-refractivity contribution in [2.75, 3.05) is 18.5 Å². The first-order valence-electron chi connectivity index (χ1n) is 10.3. The minimum absolute atomic E-state index is 0. The van der Waals surface area contributed by atoms with E-state index in [2.05, 4.69) is 56.8 Å². The van der Waals surface area contributed by atoms with Crippen LogP contribution in [0.5, 0.6) is 0 Å². The van der Waals surface area contributed by atoms with E-state index in [-0.39, 0.29) is 1.43 Å². The smallest absolute Gasteiger partial charge is 0.178 e. The number of benzene rings is 2. The molecule has 6 heteroatoms. The van der Waals surface area contributed by atoms with Crippen LogP contribution in [-0.2, 0) is 18.4 Å². The average molecular weight is 404 g/mol. The third-order valence-corrected chi connectivity index (χ3v) is 5.15. The van der Waals surface area contributed by atoms with Crippen molar-refractivity contribution in [1.29, 1.82) is 0 Å². The summed E-state index contributed by atoms with van der Waals surface area (Å²) in [6.45, 7) is 2.08. The van der Waals surface area contributed by atoms with Gasteiger partial charge in [0, 0.05) is 46.4 Å². The van der Waals surface area contributed by atoms with E-state index in [1.54, 1.807) is 4.68 Å². The van der Waals surface area contributed by atoms with Gasteiger partial charge < -0.3 is 10.1 Å². The van der Waals surface area contributed by atoms with Crippen molar-refractivity contribution < 1.29 is 6.16 Å². The third-order valence-electron chi connectivity index (χ3n) is 5.15. The molecule has 0 bridgehead atoms. The lowest BCUT2D eigenvalue weighted by Crippen LogP contribution is -2.15. The van der Waals surface area contributed by atoms with Gasteiger partial charge in [-0.05, 0) is 17.5 Å². The van der Waals surface area contributed by atoms with Gasteiger partial charge in [0.15, 0.2) is 17.3 Å². The molecule has 1 aliphatic rings. The number of rotatable bonds is 9. The Bertz CT molecular complexity index is 1000. The molecule has 0 fully saturated rings. The normalized spacial score (nSPS) is 13.6. The number of aryl methyl sites for hydroxylation is 1. The van der Waals surface area contributed by atoms with Gasteiger partial charge in [-0.15, -0.1) is 0 Å². The predicted octanol–water partition coefficient (Wildman–Crippen LogP) is 5.28. The van der Waals surface area contributed by atoms with E-state index in [1.165, 1.54) is 11.1 Å². The van der Waals surface area contributed by atoms with Gasteiger partial charge in [-0.2, -0.15) is 5.10 Å². The van der Waals surface area contributed by atoms with Crippen molar-refractivity contribution in [3.63, 3.8) is 0 Å². The van der Waals surface area contributed by atoms with Gasteiger partial charge >= 0.3 is 0 Å². The summed E-state index contributed by atoms with van der Waals surface area (Å²) < 4.78 is 7.72. The van der Waals surface area contributed by atoms with Crippen LogP contribution in [-0.4, -0.2) is 35.4 Å². The summed E-state index contributed by atoms with van der Waals surface area (Å²) in [5, 5.41) is 8.09. The molecule has 2 heterocycles. The molecule has 156 valence electrons. The monoisotopic (exact) mass is 403 g/mol. The first-order valence-corrected chi connectivity index (χ1v) is 10.3. The summed E-state index contributed by atoms with van der Waals surface area (Å²) in [6, 6.07) is 20.8. The Morgan fingerprint density at radius 2 is 1.77 bits per heavy atom. The Morgan fingerprint density at radius 3 is 2.57 bits per heavy atom. The molecule has 4 rings (SSSR count). The highest BCUT2D eigenvalue weighted by Gasteiger charge is 2.18. The first-order chi connectivity index (χ1) is 14.8. The minimum Gasteiger partial charge on any atom is -0.377 e. The second kappa shape index (κ2) is 9.98. The topological polar surface area (TPSA) is 63.8 Å². The minimum atomic E-state index is 0. The molecule has 0 spiro atoms. The lowest BCUT2D eigenvalue weighted by molar-refractivity contribution is 0.114. The molecule has 0 radical (unpaired) electrons. The highest BCUT2D eigenvalue weighted by Crippen LogP contribution is 2.36. The molecule has 0 saturated heterocycles. The number of hydrogen-bond donors (Lipinski definition) is 1. The van der Waals surface area contributed by atoms with Crippen molar-refractivity contribution in [2.24, 2.45) is 17.0 Å². The Hall–Kier alpha value is -3.25. The third kappa shape index (κ3) is 5.02. The fraction of sp³-hybridized carbons (Fsp3) is 0.292. The summed E-state index contributed by atoms with van der Waals surface area (Å²) in [5.41, 5.74) is 3.29. The molecule has 6 nitrogen and oxygen atoms in total. The van der Waals surface area contributed by atoms with Crippen LogP contribution >= 0.6 is 0 Å². The number of nitrogens with one attached hydrogen (secondary N) is 1. The Balaban J connectivity index is 0.00000272. The van der Waals surface area contributed by atoms with Crippen LogP contribution in [0.3, 0.4) is 0 Å². The zero-order valence-corrected chi connectivity index (χ0v) is 17.2. The number of ether oxygens (including phenoxy) is 1. The van der Waals surface area contributed by atoms with Crippen molar-refractivity contribution in [3.05, 3.63) is 71.8 Å². The standard InChI is InChI=1S/C24H27N5O.H2/c1-29-24-22(25-14-8-15-26-24)23(28-29)27-17-21(20-11-6-3-7-12-20)13-16-30-18-19-9-4-2-5-10-19;/h2-7,9-12,14-15,21H,8,13,16-18H2,1H3,(H,27,28);1H. The Morgan fingerprint density at radius 1 is 1.03 bits per heavy atom. The van der Waals surface area contributed by atoms with Gasteiger partial charge in [0.05, 0.1) is 6.61 Å². The summed E-state index contributed by atoms with van der Waals surface area (Å²) in [5.74, 6) is 1.86. The molecule has 1 N–H and O–H groups in total. The maximum atomic E-state index is 5.94. The number of fused-ring (bicyclic) bond motifs is 1. The molecule has 1 unspecified atom stereocenters. The molecular formula is C24H29N5O. The number of anilines is 1. The van der Waals surface area contributed by atoms with Gasteiger partial charge in [0.1, 0.15) is 0 Å². The lowest BCUT2D eigenvalue weighted by Gasteiger charge is -2.18. The molecule has 1 atom stereocenters. The van der Waals surface area contributed by atoms with Crippen LogP contribution in [0.2, 0.25) is 0 Å². The molecule has 0 aliphatic carbocycles. The Labute approximate surface area is 178 Å². The summed E-state index contributed by atoms with van der Waals surface area (Å²) in [7, 11) is 1.90. The van der Waals surface area contributed by atoms with Crippen LogP contribution in [0, 0.1) is 0 Å². The van der Waals surface area contributed by atoms with E-state index < -0.39 is 0 Å². The van der Waals surface area contributed by atoms with Gasteiger partial charge in [0.2, 0.25) is 0 Å². The van der Waals surface area contributed by atoms with E-state index >= 15 is 0 Å². The molecule has 0 saturated carbocycles. The van der Waals surface area contributed by atoms with Crippen molar-refractivity contribution in [3.8, 4) is 0 Å².